The van der Waals surface area contributed by atoms with Gasteiger partial charge < -0.3 is 53.4 Å². The van der Waals surface area contributed by atoms with Crippen LogP contribution in [0.4, 0.5) is 22.0 Å². The first-order chi connectivity index (χ1) is 61.5. The highest BCUT2D eigenvalue weighted by Crippen LogP contribution is 2.34. The summed E-state index contributed by atoms with van der Waals surface area (Å²) >= 11 is 12.2. The van der Waals surface area contributed by atoms with Crippen molar-refractivity contribution in [1.29, 1.82) is 0 Å². The first-order valence-electron chi connectivity index (χ1n) is 41.8. The number of aryl methyl sites for hydroxylation is 8. The Morgan fingerprint density at radius 3 is 1.02 bits per heavy atom. The Bertz CT molecular complexity index is 5900. The second-order valence-electron chi connectivity index (χ2n) is 32.9. The normalized spacial score (nSPS) is 13.5. The minimum absolute atomic E-state index is 0.00487. The zero-order chi connectivity index (χ0) is 92.4. The van der Waals surface area contributed by atoms with Gasteiger partial charge in [0.1, 0.15) is 11.6 Å². The Hall–Kier alpha value is -11.2. The van der Waals surface area contributed by atoms with Crippen molar-refractivity contribution < 1.29 is 104 Å². The summed E-state index contributed by atoms with van der Waals surface area (Å²) < 4.78 is 92.4. The number of carbonyl (C=O) groups excluding carboxylic acids is 6. The number of ketones is 6. The van der Waals surface area contributed by atoms with Crippen molar-refractivity contribution in [3.63, 3.8) is 0 Å². The van der Waals surface area contributed by atoms with E-state index in [1.807, 2.05) is 131 Å². The molecule has 6 N–H and O–H groups in total. The first-order valence-corrected chi connectivity index (χ1v) is 42.6. The molecule has 0 amide bonds. The molecule has 0 aromatic heterocycles. The van der Waals surface area contributed by atoms with Gasteiger partial charge in [-0.25, -0.2) is 8.78 Å². The Kier molecular flexibility index (Phi) is 31.2. The maximum absolute atomic E-state index is 13.8. The quantitative estimate of drug-likeness (QED) is 0.0265. The number of carbonyl (C=O) groups is 6. The van der Waals surface area contributed by atoms with Crippen LogP contribution in [0.1, 0.15) is 173 Å². The molecule has 12 aromatic rings. The van der Waals surface area contributed by atoms with Gasteiger partial charge in [0.25, 0.3) is 0 Å². The molecule has 30 heteroatoms. The van der Waals surface area contributed by atoms with E-state index in [0.717, 1.165) is 119 Å². The lowest BCUT2D eigenvalue weighted by molar-refractivity contribution is -0.138. The fourth-order valence-corrected chi connectivity index (χ4v) is 16.1. The maximum Gasteiger partial charge on any atom is 0.491 e. The van der Waals surface area contributed by atoms with Gasteiger partial charge in [0.2, 0.25) is 0 Å². The van der Waals surface area contributed by atoms with Gasteiger partial charge in [0, 0.05) is 71.4 Å². The van der Waals surface area contributed by atoms with Crippen LogP contribution >= 0.6 is 23.2 Å². The number of fused-ring (bicyclic) bond motifs is 6. The summed E-state index contributed by atoms with van der Waals surface area (Å²) in [7, 11) is -4.69. The highest BCUT2D eigenvalue weighted by Gasteiger charge is 2.37. The number of rotatable bonds is 18. The number of Topliss-reactive ketones (excluding diaryl/α,β-unsaturated/α-hetero) is 6. The molecule has 0 bridgehead atoms. The summed E-state index contributed by atoms with van der Waals surface area (Å²) in [5.41, 5.74) is 22.1. The standard InChI is InChI=1S/C18H19BO2.C17H14BF3O3.2C16H14BClO3.2C16H14BFO3/c1-12-3-5-16(9-13(12)2)18(20)11-14-4-6-15-7-8-19(21)17(15)10-14;1-10-2-5-13(14(6-10)17(19,20)21)16(22)8-11-3-4-12-9-24-18(23)15(12)7-11;1-10-2-5-13(15(18)6-10)16(19)8-11-3-4-12-9-21-17(20)14(12)7-11;1-10-2-4-12(8-15(10)18)16(19)7-11-3-5-13-9-21-17(20)14(13)6-11;1-10-2-5-13(15(18)6-10)16(19)8-11-3-4-12-9-21-17(20)14(12)7-11;1-10-2-4-12(8-15(10)18)16(19)7-11-3-5-13-9-21-17(20)14(13)6-11/h3-6,9-10,21H,7-8,11H2,1-2H3;2-7,23H,8-9H2,1H3;2-7,20H,8-9H2,1H3;2-6,8,20H,7,9H2,1H3;2-7,20H,8-9H2,1H3;2-6,8,20H,7,9H2,1H3. The first kappa shape index (κ1) is 95.4. The molecule has 0 spiro atoms. The molecule has 0 saturated heterocycles. The molecule has 0 unspecified atom stereocenters. The van der Waals surface area contributed by atoms with E-state index in [1.54, 1.807) is 93.6 Å². The van der Waals surface area contributed by atoms with Crippen LogP contribution in [-0.2, 0) is 107 Å². The van der Waals surface area contributed by atoms with Crippen molar-refractivity contribution in [2.45, 2.75) is 139 Å². The lowest BCUT2D eigenvalue weighted by atomic mass is 9.63. The van der Waals surface area contributed by atoms with Crippen molar-refractivity contribution in [2.75, 3.05) is 0 Å². The molecule has 0 radical (unpaired) electrons. The third-order valence-corrected chi connectivity index (χ3v) is 24.0. The summed E-state index contributed by atoms with van der Waals surface area (Å²) in [5.74, 6) is -1.81. The van der Waals surface area contributed by atoms with Gasteiger partial charge in [-0.1, -0.05) is 204 Å². The molecule has 0 fully saturated rings. The van der Waals surface area contributed by atoms with E-state index in [9.17, 15) is 80.9 Å². The predicted molar refractivity (Wildman–Crippen MR) is 492 cm³/mol. The average Bonchev–Trinajstić information content (AvgIpc) is 1.73. The SMILES string of the molecule is Cc1ccc(C(=O)Cc2ccc3c(c2)B(O)CC3)cc1C.Cc1ccc(C(=O)Cc2ccc3c(c2)B(O)OC3)c(C(F)(F)F)c1.Cc1ccc(C(=O)Cc2ccc3c(c2)B(O)OC3)c(Cl)c1.Cc1ccc(C(=O)Cc2ccc3c(c2)B(O)OC3)c(F)c1.Cc1ccc(C(=O)Cc2ccc3c(c2)B(O)OC3)cc1Cl.Cc1ccc(C(=O)Cc2ccc3c(c2)B(O)OC3)cc1F. The predicted octanol–water partition coefficient (Wildman–Crippen LogP) is 13.3. The van der Waals surface area contributed by atoms with E-state index in [1.165, 1.54) is 41.5 Å². The van der Waals surface area contributed by atoms with Gasteiger partial charge in [-0.05, 0) is 237 Å². The second-order valence-corrected chi connectivity index (χ2v) is 33.7. The number of alkyl halides is 3. The topological polar surface area (TPSA) is 270 Å². The van der Waals surface area contributed by atoms with Gasteiger partial charge in [0.15, 0.2) is 34.7 Å². The Morgan fingerprint density at radius 2 is 0.636 bits per heavy atom. The van der Waals surface area contributed by atoms with Crippen LogP contribution in [0.25, 0.3) is 0 Å². The van der Waals surface area contributed by atoms with E-state index in [-0.39, 0.29) is 91.5 Å². The Balaban J connectivity index is 0.000000132. The molecule has 6 heterocycles. The third-order valence-electron chi connectivity index (χ3n) is 23.3. The molecule has 17 nitrogen and oxygen atoms in total. The lowest BCUT2D eigenvalue weighted by Crippen LogP contribution is -2.28. The van der Waals surface area contributed by atoms with Gasteiger partial charge >= 0.3 is 48.7 Å². The number of halogens is 7. The Morgan fingerprint density at radius 1 is 0.310 bits per heavy atom. The van der Waals surface area contributed by atoms with E-state index in [2.05, 4.69) is 6.07 Å². The van der Waals surface area contributed by atoms with Crippen LogP contribution < -0.4 is 32.8 Å². The van der Waals surface area contributed by atoms with Gasteiger partial charge in [-0.15, -0.1) is 0 Å². The van der Waals surface area contributed by atoms with E-state index >= 15 is 0 Å². The van der Waals surface area contributed by atoms with E-state index in [0.29, 0.717) is 92.7 Å². The molecule has 18 rings (SSSR count). The summed E-state index contributed by atoms with van der Waals surface area (Å²) in [6.07, 6.45) is -1.84. The van der Waals surface area contributed by atoms with Crippen molar-refractivity contribution in [3.05, 3.63) is 385 Å². The van der Waals surface area contributed by atoms with Crippen LogP contribution in [0.5, 0.6) is 0 Å². The number of hydrogen-bond donors (Lipinski definition) is 6. The Labute approximate surface area is 756 Å². The van der Waals surface area contributed by atoms with Crippen LogP contribution in [-0.4, -0.2) is 107 Å². The molecule has 12 aromatic carbocycles. The largest absolute Gasteiger partial charge is 0.491 e. The highest BCUT2D eigenvalue weighted by molar-refractivity contribution is 6.68. The summed E-state index contributed by atoms with van der Waals surface area (Å²) in [4.78, 5) is 73.8. The van der Waals surface area contributed by atoms with Crippen LogP contribution in [0.3, 0.4) is 0 Å². The van der Waals surface area contributed by atoms with Crippen LogP contribution in [0.15, 0.2) is 218 Å². The third kappa shape index (κ3) is 24.1. The minimum Gasteiger partial charge on any atom is -0.446 e. The monoisotopic (exact) mass is 1780 g/mol. The average molecular weight is 1780 g/mol. The summed E-state index contributed by atoms with van der Waals surface area (Å²) in [6, 6.07) is 62.5. The van der Waals surface area contributed by atoms with Crippen molar-refractivity contribution in [3.8, 4) is 0 Å². The number of benzene rings is 12. The van der Waals surface area contributed by atoms with E-state index in [4.69, 9.17) is 46.5 Å². The molecular weight excluding hydrogens is 1690 g/mol. The molecular formula is C99H89B6Cl2F5O17. The van der Waals surface area contributed by atoms with E-state index < -0.39 is 58.9 Å². The molecule has 129 heavy (non-hydrogen) atoms. The van der Waals surface area contributed by atoms with Crippen molar-refractivity contribution >= 4 is 133 Å². The lowest BCUT2D eigenvalue weighted by Gasteiger charge is -2.13. The van der Waals surface area contributed by atoms with Gasteiger partial charge in [-0.2, -0.15) is 13.2 Å². The summed E-state index contributed by atoms with van der Waals surface area (Å²) in [5, 5.41) is 59.4. The van der Waals surface area contributed by atoms with Gasteiger partial charge in [-0.3, -0.25) is 28.8 Å². The second kappa shape index (κ2) is 42.2. The molecule has 654 valence electrons. The van der Waals surface area contributed by atoms with Crippen molar-refractivity contribution in [1.82, 2.24) is 0 Å². The molecule has 0 aliphatic carbocycles. The van der Waals surface area contributed by atoms with Gasteiger partial charge in [0.05, 0.1) is 49.2 Å². The molecule has 0 atom stereocenters. The van der Waals surface area contributed by atoms with Crippen LogP contribution in [0, 0.1) is 60.1 Å². The van der Waals surface area contributed by atoms with Crippen molar-refractivity contribution in [2.24, 2.45) is 0 Å². The highest BCUT2D eigenvalue weighted by atomic mass is 35.5. The molecule has 6 aliphatic rings. The number of hydrogen-bond acceptors (Lipinski definition) is 17. The smallest absolute Gasteiger partial charge is 0.446 e. The summed E-state index contributed by atoms with van der Waals surface area (Å²) in [6.45, 7) is 14.4. The zero-order valence-corrected chi connectivity index (χ0v) is 73.3. The zero-order valence-electron chi connectivity index (χ0n) is 71.8. The maximum atomic E-state index is 13.8. The molecule has 6 aliphatic heterocycles. The van der Waals surface area contributed by atoms with Crippen LogP contribution in [0.2, 0.25) is 16.4 Å². The minimum atomic E-state index is -4.58. The fraction of sp³-hybridized carbons (Fsp3) is 0.212. The fourth-order valence-electron chi connectivity index (χ4n) is 15.6. The molecule has 0 saturated carbocycles.